The molecule has 0 saturated carbocycles. The Bertz CT molecular complexity index is 452. The number of aliphatic hydroxyl groups excluding tert-OH is 2. The van der Waals surface area contributed by atoms with Crippen LogP contribution in [0.4, 0.5) is 4.39 Å². The van der Waals surface area contributed by atoms with E-state index in [-0.39, 0.29) is 24.4 Å². The van der Waals surface area contributed by atoms with Gasteiger partial charge in [0.2, 0.25) is 0 Å². The number of benzene rings is 1. The third kappa shape index (κ3) is 3.85. The Morgan fingerprint density at radius 2 is 2.17 bits per heavy atom. The van der Waals surface area contributed by atoms with E-state index in [0.717, 1.165) is 6.07 Å². The summed E-state index contributed by atoms with van der Waals surface area (Å²) < 4.78 is 13.4. The van der Waals surface area contributed by atoms with Gasteiger partial charge in [0.1, 0.15) is 11.9 Å². The third-order valence-corrected chi connectivity index (χ3v) is 2.80. The van der Waals surface area contributed by atoms with Gasteiger partial charge in [-0.2, -0.15) is 0 Å². The first kappa shape index (κ1) is 14.7. The van der Waals surface area contributed by atoms with Crippen LogP contribution in [0.15, 0.2) is 23.3 Å². The van der Waals surface area contributed by atoms with Crippen molar-refractivity contribution in [2.75, 3.05) is 6.54 Å². The van der Waals surface area contributed by atoms with E-state index in [1.807, 2.05) is 0 Å². The Balaban J connectivity index is 2.73. The molecule has 5 nitrogen and oxygen atoms in total. The van der Waals surface area contributed by atoms with Gasteiger partial charge in [-0.05, 0) is 23.6 Å². The molecule has 18 heavy (non-hydrogen) atoms. The van der Waals surface area contributed by atoms with Crippen molar-refractivity contribution in [3.63, 3.8) is 0 Å². The Morgan fingerprint density at radius 1 is 1.44 bits per heavy atom. The van der Waals surface area contributed by atoms with Crippen LogP contribution in [0.1, 0.15) is 23.7 Å². The molecule has 0 fully saturated rings. The normalized spacial score (nSPS) is 13.8. The minimum atomic E-state index is -1.22. The zero-order valence-corrected chi connectivity index (χ0v) is 10.3. The average Bonchev–Trinajstić information content (AvgIpc) is 2.38. The molecule has 0 aliphatic rings. The highest BCUT2D eigenvalue weighted by Gasteiger charge is 2.18. The minimum Gasteiger partial charge on any atom is -0.390 e. The predicted octanol–water partition coefficient (Wildman–Crippen LogP) is 2.66. The van der Waals surface area contributed by atoms with E-state index in [1.54, 1.807) is 0 Å². The molecule has 1 rings (SSSR count). The lowest BCUT2D eigenvalue weighted by Crippen LogP contribution is -2.19. The van der Waals surface area contributed by atoms with E-state index >= 15 is 0 Å². The van der Waals surface area contributed by atoms with Gasteiger partial charge in [0.05, 0.1) is 12.0 Å². The number of hydrogen-bond donors (Lipinski definition) is 2. The third-order valence-electron chi connectivity index (χ3n) is 2.52. The fraction of sp³-hybridized carbons (Fsp3) is 0.455. The van der Waals surface area contributed by atoms with Crippen LogP contribution in [0.2, 0.25) is 0 Å². The molecular weight excluding hydrogens is 261 g/mol. The number of alkyl halides is 1. The van der Waals surface area contributed by atoms with Crippen molar-refractivity contribution in [3.05, 3.63) is 45.6 Å². The molecule has 2 N–H and O–H groups in total. The van der Waals surface area contributed by atoms with Crippen molar-refractivity contribution in [1.82, 2.24) is 0 Å². The van der Waals surface area contributed by atoms with Gasteiger partial charge in [-0.1, -0.05) is 17.2 Å². The van der Waals surface area contributed by atoms with E-state index in [0.29, 0.717) is 5.56 Å². The molecule has 1 aromatic rings. The largest absolute Gasteiger partial charge is 0.390 e. The van der Waals surface area contributed by atoms with Gasteiger partial charge < -0.3 is 10.2 Å². The molecule has 0 bridgehead atoms. The zero-order valence-electron chi connectivity index (χ0n) is 9.50. The molecule has 0 aliphatic carbocycles. The molecule has 1 aromatic carbocycles. The van der Waals surface area contributed by atoms with Gasteiger partial charge in [-0.25, -0.2) is 4.39 Å². The number of halogens is 2. The number of nitrogens with zero attached hydrogens (tertiary/aromatic N) is 3. The first-order chi connectivity index (χ1) is 8.60. The molecule has 0 spiro atoms. The standard InChI is InChI=1S/C11H13ClFN3O2/c12-6-8-2-1-7(5-9(8)13)11(18)10(17)3-4-15-16-14/h1-2,5,10-11,17-18H,3-4,6H2. The summed E-state index contributed by atoms with van der Waals surface area (Å²) in [4.78, 5) is 2.53. The summed E-state index contributed by atoms with van der Waals surface area (Å²) in [5.41, 5.74) is 8.67. The Morgan fingerprint density at radius 3 is 2.72 bits per heavy atom. The van der Waals surface area contributed by atoms with Crippen molar-refractivity contribution in [2.45, 2.75) is 24.5 Å². The second kappa shape index (κ2) is 7.18. The molecular formula is C11H13ClFN3O2. The smallest absolute Gasteiger partial charge is 0.127 e. The fourth-order valence-corrected chi connectivity index (χ4v) is 1.69. The van der Waals surface area contributed by atoms with Gasteiger partial charge in [-0.3, -0.25) is 0 Å². The lowest BCUT2D eigenvalue weighted by Gasteiger charge is -2.17. The highest BCUT2D eigenvalue weighted by Crippen LogP contribution is 2.22. The summed E-state index contributed by atoms with van der Waals surface area (Å²) in [6, 6.07) is 4.10. The zero-order chi connectivity index (χ0) is 13.5. The van der Waals surface area contributed by atoms with Gasteiger partial charge in [0.15, 0.2) is 0 Å². The first-order valence-electron chi connectivity index (χ1n) is 5.31. The SMILES string of the molecule is [N-]=[N+]=NCCC(O)C(O)c1ccc(CCl)c(F)c1. The summed E-state index contributed by atoms with van der Waals surface area (Å²) in [5.74, 6) is -0.481. The van der Waals surface area contributed by atoms with Crippen LogP contribution >= 0.6 is 11.6 Å². The second-order valence-corrected chi connectivity index (χ2v) is 4.01. The maximum absolute atomic E-state index is 13.4. The highest BCUT2D eigenvalue weighted by molar-refractivity contribution is 6.17. The summed E-state index contributed by atoms with van der Waals surface area (Å²) in [6.45, 7) is 0.0664. The monoisotopic (exact) mass is 273 g/mol. The number of hydrogen-bond acceptors (Lipinski definition) is 3. The van der Waals surface area contributed by atoms with Crippen LogP contribution in [-0.2, 0) is 5.88 Å². The Labute approximate surface area is 108 Å². The number of azide groups is 1. The van der Waals surface area contributed by atoms with E-state index in [1.165, 1.54) is 12.1 Å². The van der Waals surface area contributed by atoms with Gasteiger partial charge in [0.25, 0.3) is 0 Å². The van der Waals surface area contributed by atoms with Crippen molar-refractivity contribution in [2.24, 2.45) is 5.11 Å². The quantitative estimate of drug-likeness (QED) is 0.361. The van der Waals surface area contributed by atoms with Crippen LogP contribution in [0, 0.1) is 5.82 Å². The molecule has 98 valence electrons. The highest BCUT2D eigenvalue weighted by atomic mass is 35.5. The van der Waals surface area contributed by atoms with Crippen molar-refractivity contribution >= 4 is 11.6 Å². The van der Waals surface area contributed by atoms with Crippen LogP contribution in [0.25, 0.3) is 10.4 Å². The fourth-order valence-electron chi connectivity index (χ4n) is 1.47. The lowest BCUT2D eigenvalue weighted by atomic mass is 10.0. The maximum atomic E-state index is 13.4. The molecule has 0 amide bonds. The summed E-state index contributed by atoms with van der Waals surface area (Å²) in [6.07, 6.45) is -2.24. The topological polar surface area (TPSA) is 89.2 Å². The summed E-state index contributed by atoms with van der Waals surface area (Å²) in [7, 11) is 0. The first-order valence-corrected chi connectivity index (χ1v) is 5.85. The van der Waals surface area contributed by atoms with Crippen LogP contribution in [0.5, 0.6) is 0 Å². The van der Waals surface area contributed by atoms with Gasteiger partial charge >= 0.3 is 0 Å². The summed E-state index contributed by atoms with van der Waals surface area (Å²) >= 11 is 5.51. The average molecular weight is 274 g/mol. The van der Waals surface area contributed by atoms with E-state index in [2.05, 4.69) is 10.0 Å². The molecule has 0 saturated heterocycles. The second-order valence-electron chi connectivity index (χ2n) is 3.74. The molecule has 7 heteroatoms. The Hall–Kier alpha value is -1.33. The minimum absolute atomic E-state index is 0.0433. The molecule has 2 unspecified atom stereocenters. The molecule has 0 aliphatic heterocycles. The number of aliphatic hydroxyl groups is 2. The predicted molar refractivity (Wildman–Crippen MR) is 65.6 cm³/mol. The van der Waals surface area contributed by atoms with Crippen LogP contribution in [-0.4, -0.2) is 22.9 Å². The lowest BCUT2D eigenvalue weighted by molar-refractivity contribution is 0.0149. The molecule has 0 aromatic heterocycles. The van der Waals surface area contributed by atoms with Crippen LogP contribution in [0.3, 0.4) is 0 Å². The summed E-state index contributed by atoms with van der Waals surface area (Å²) in [5, 5.41) is 22.7. The molecule has 0 radical (unpaired) electrons. The Kier molecular flexibility index (Phi) is 5.88. The van der Waals surface area contributed by atoms with E-state index < -0.39 is 18.0 Å². The van der Waals surface area contributed by atoms with Crippen molar-refractivity contribution in [3.8, 4) is 0 Å². The van der Waals surface area contributed by atoms with Crippen LogP contribution < -0.4 is 0 Å². The van der Waals surface area contributed by atoms with E-state index in [9.17, 15) is 14.6 Å². The van der Waals surface area contributed by atoms with Crippen molar-refractivity contribution < 1.29 is 14.6 Å². The van der Waals surface area contributed by atoms with Gasteiger partial charge in [0, 0.05) is 17.0 Å². The maximum Gasteiger partial charge on any atom is 0.127 e. The molecule has 2 atom stereocenters. The van der Waals surface area contributed by atoms with E-state index in [4.69, 9.17) is 17.1 Å². The van der Waals surface area contributed by atoms with Crippen molar-refractivity contribution in [1.29, 1.82) is 0 Å². The molecule has 0 heterocycles. The van der Waals surface area contributed by atoms with Gasteiger partial charge in [-0.15, -0.1) is 11.6 Å². The number of rotatable bonds is 6.